The van der Waals surface area contributed by atoms with Crippen molar-refractivity contribution in [2.75, 3.05) is 6.61 Å². The first kappa shape index (κ1) is 16.5. The third kappa shape index (κ3) is 3.67. The summed E-state index contributed by atoms with van der Waals surface area (Å²) < 4.78 is 5.03. The molecule has 0 aliphatic carbocycles. The highest BCUT2D eigenvalue weighted by Crippen LogP contribution is 2.25. The van der Waals surface area contributed by atoms with E-state index in [4.69, 9.17) is 27.9 Å². The molecule has 114 valence electrons. The molecule has 0 fully saturated rings. The van der Waals surface area contributed by atoms with Crippen molar-refractivity contribution in [1.82, 2.24) is 0 Å². The summed E-state index contributed by atoms with van der Waals surface area (Å²) in [6.07, 6.45) is 0. The number of Topliss-reactive ketones (excluding diaryl/α,β-unsaturated/α-hetero) is 1. The first-order valence-corrected chi connectivity index (χ1v) is 7.37. The predicted octanol–water partition coefficient (Wildman–Crippen LogP) is 4.65. The fraction of sp³-hybridized carbons (Fsp3) is 0.176. The average Bonchev–Trinajstić information content (AvgIpc) is 2.44. The largest absolute Gasteiger partial charge is 0.454 e. The lowest BCUT2D eigenvalue weighted by Gasteiger charge is -2.09. The lowest BCUT2D eigenvalue weighted by Crippen LogP contribution is -2.15. The van der Waals surface area contributed by atoms with Crippen LogP contribution in [0.5, 0.6) is 0 Å². The van der Waals surface area contributed by atoms with Crippen LogP contribution >= 0.6 is 23.2 Å². The van der Waals surface area contributed by atoms with Gasteiger partial charge in [-0.25, -0.2) is 4.79 Å². The van der Waals surface area contributed by atoms with Crippen molar-refractivity contribution in [2.24, 2.45) is 0 Å². The lowest BCUT2D eigenvalue weighted by molar-refractivity contribution is 0.0475. The van der Waals surface area contributed by atoms with Crippen molar-refractivity contribution in [1.29, 1.82) is 0 Å². The van der Waals surface area contributed by atoms with Gasteiger partial charge in [0.15, 0.2) is 6.61 Å². The van der Waals surface area contributed by atoms with Gasteiger partial charge in [0.25, 0.3) is 0 Å². The maximum atomic E-state index is 12.1. The molecule has 0 radical (unpaired) electrons. The standard InChI is InChI=1S/C17H14Cl2O3/c1-10-6-7-12(11(2)8-10)15(20)9-22-17(21)16-13(18)4-3-5-14(16)19/h3-8H,9H2,1-2H3. The number of aryl methyl sites for hydroxylation is 2. The van der Waals surface area contributed by atoms with Crippen molar-refractivity contribution in [3.63, 3.8) is 0 Å². The smallest absolute Gasteiger partial charge is 0.341 e. The quantitative estimate of drug-likeness (QED) is 0.602. The molecule has 22 heavy (non-hydrogen) atoms. The molecular weight excluding hydrogens is 323 g/mol. The zero-order valence-electron chi connectivity index (χ0n) is 12.2. The number of hydrogen-bond donors (Lipinski definition) is 0. The molecule has 0 aliphatic rings. The van der Waals surface area contributed by atoms with E-state index in [0.29, 0.717) is 5.56 Å². The summed E-state index contributed by atoms with van der Waals surface area (Å²) in [5.41, 5.74) is 2.51. The fourth-order valence-corrected chi connectivity index (χ4v) is 2.65. The zero-order chi connectivity index (χ0) is 16.3. The molecular formula is C17H14Cl2O3. The number of benzene rings is 2. The van der Waals surface area contributed by atoms with E-state index in [-0.39, 0.29) is 28.0 Å². The van der Waals surface area contributed by atoms with Crippen molar-refractivity contribution in [3.05, 3.63) is 68.7 Å². The number of esters is 1. The Bertz CT molecular complexity index is 718. The van der Waals surface area contributed by atoms with E-state index in [0.717, 1.165) is 11.1 Å². The maximum Gasteiger partial charge on any atom is 0.341 e. The second kappa shape index (κ2) is 6.95. The Kier molecular flexibility index (Phi) is 5.22. The molecule has 2 aromatic carbocycles. The van der Waals surface area contributed by atoms with E-state index >= 15 is 0 Å². The first-order chi connectivity index (χ1) is 10.4. The lowest BCUT2D eigenvalue weighted by atomic mass is 10.0. The topological polar surface area (TPSA) is 43.4 Å². The molecule has 0 N–H and O–H groups in total. The number of halogens is 2. The molecule has 0 amide bonds. The van der Waals surface area contributed by atoms with E-state index in [1.165, 1.54) is 12.1 Å². The van der Waals surface area contributed by atoms with Gasteiger partial charge >= 0.3 is 5.97 Å². The second-order valence-corrected chi connectivity index (χ2v) is 5.73. The van der Waals surface area contributed by atoms with Crippen molar-refractivity contribution < 1.29 is 14.3 Å². The monoisotopic (exact) mass is 336 g/mol. The Hall–Kier alpha value is -1.84. The van der Waals surface area contributed by atoms with Gasteiger partial charge in [0, 0.05) is 5.56 Å². The Balaban J connectivity index is 2.09. The molecule has 0 heterocycles. The summed E-state index contributed by atoms with van der Waals surface area (Å²) >= 11 is 11.9. The van der Waals surface area contributed by atoms with Crippen LogP contribution in [0.25, 0.3) is 0 Å². The third-order valence-corrected chi connectivity index (χ3v) is 3.81. The van der Waals surface area contributed by atoms with E-state index < -0.39 is 5.97 Å². The fourth-order valence-electron chi connectivity index (χ4n) is 2.10. The Labute approximate surface area is 138 Å². The van der Waals surface area contributed by atoms with Gasteiger partial charge in [0.2, 0.25) is 5.78 Å². The van der Waals surface area contributed by atoms with Crippen LogP contribution in [0.15, 0.2) is 36.4 Å². The summed E-state index contributed by atoms with van der Waals surface area (Å²) in [5.74, 6) is -0.984. The summed E-state index contributed by atoms with van der Waals surface area (Å²) in [4.78, 5) is 24.2. The minimum absolute atomic E-state index is 0.0688. The van der Waals surface area contributed by atoms with Crippen LogP contribution in [0.3, 0.4) is 0 Å². The number of rotatable bonds is 4. The molecule has 0 spiro atoms. The van der Waals surface area contributed by atoms with Crippen molar-refractivity contribution in [3.8, 4) is 0 Å². The predicted molar refractivity (Wildman–Crippen MR) is 87.0 cm³/mol. The van der Waals surface area contributed by atoms with Gasteiger partial charge in [0.05, 0.1) is 15.6 Å². The summed E-state index contributed by atoms with van der Waals surface area (Å²) in [6.45, 7) is 3.43. The van der Waals surface area contributed by atoms with E-state index in [2.05, 4.69) is 0 Å². The summed E-state index contributed by atoms with van der Waals surface area (Å²) in [7, 11) is 0. The molecule has 0 saturated heterocycles. The Morgan fingerprint density at radius 2 is 1.68 bits per heavy atom. The van der Waals surface area contributed by atoms with E-state index in [1.807, 2.05) is 26.0 Å². The van der Waals surface area contributed by atoms with Crippen LogP contribution in [0.2, 0.25) is 10.0 Å². The van der Waals surface area contributed by atoms with Gasteiger partial charge in [-0.1, -0.05) is 53.0 Å². The van der Waals surface area contributed by atoms with E-state index in [1.54, 1.807) is 12.1 Å². The minimum Gasteiger partial charge on any atom is -0.454 e. The van der Waals surface area contributed by atoms with Gasteiger partial charge in [-0.05, 0) is 31.5 Å². The normalized spacial score (nSPS) is 10.4. The number of carbonyl (C=O) groups excluding carboxylic acids is 2. The van der Waals surface area contributed by atoms with E-state index in [9.17, 15) is 9.59 Å². The van der Waals surface area contributed by atoms with Crippen LogP contribution in [0.4, 0.5) is 0 Å². The van der Waals surface area contributed by atoms with Crippen LogP contribution in [0, 0.1) is 13.8 Å². The number of ether oxygens (including phenoxy) is 1. The van der Waals surface area contributed by atoms with Gasteiger partial charge in [-0.3, -0.25) is 4.79 Å². The third-order valence-electron chi connectivity index (χ3n) is 3.18. The number of hydrogen-bond acceptors (Lipinski definition) is 3. The second-order valence-electron chi connectivity index (χ2n) is 4.91. The highest BCUT2D eigenvalue weighted by atomic mass is 35.5. The number of ketones is 1. The van der Waals surface area contributed by atoms with Crippen molar-refractivity contribution >= 4 is 35.0 Å². The molecule has 0 saturated carbocycles. The zero-order valence-corrected chi connectivity index (χ0v) is 13.7. The van der Waals surface area contributed by atoms with Crippen LogP contribution < -0.4 is 0 Å². The molecule has 0 atom stereocenters. The molecule has 0 bridgehead atoms. The SMILES string of the molecule is Cc1ccc(C(=O)COC(=O)c2c(Cl)cccc2Cl)c(C)c1. The summed E-state index contributed by atoms with van der Waals surface area (Å²) in [6, 6.07) is 10.2. The Morgan fingerprint density at radius 3 is 2.27 bits per heavy atom. The molecule has 2 rings (SSSR count). The number of carbonyl (C=O) groups is 2. The maximum absolute atomic E-state index is 12.1. The van der Waals surface area contributed by atoms with Gasteiger partial charge < -0.3 is 4.74 Å². The first-order valence-electron chi connectivity index (χ1n) is 6.61. The highest BCUT2D eigenvalue weighted by Gasteiger charge is 2.18. The minimum atomic E-state index is -0.714. The van der Waals surface area contributed by atoms with Crippen molar-refractivity contribution in [2.45, 2.75) is 13.8 Å². The molecule has 0 aliphatic heterocycles. The van der Waals surface area contributed by atoms with Crippen LogP contribution in [-0.2, 0) is 4.74 Å². The molecule has 2 aromatic rings. The van der Waals surface area contributed by atoms with Gasteiger partial charge in [-0.2, -0.15) is 0 Å². The van der Waals surface area contributed by atoms with Gasteiger partial charge in [0.1, 0.15) is 0 Å². The average molecular weight is 337 g/mol. The molecule has 0 aromatic heterocycles. The van der Waals surface area contributed by atoms with Gasteiger partial charge in [-0.15, -0.1) is 0 Å². The van der Waals surface area contributed by atoms with Crippen LogP contribution in [0.1, 0.15) is 31.8 Å². The molecule has 0 unspecified atom stereocenters. The highest BCUT2D eigenvalue weighted by molar-refractivity contribution is 6.39. The summed E-state index contributed by atoms with van der Waals surface area (Å²) in [5, 5.41) is 0.382. The Morgan fingerprint density at radius 1 is 1.05 bits per heavy atom. The molecule has 5 heteroatoms. The van der Waals surface area contributed by atoms with Crippen LogP contribution in [-0.4, -0.2) is 18.4 Å². The molecule has 3 nitrogen and oxygen atoms in total.